The minimum absolute atomic E-state index is 0.197. The van der Waals surface area contributed by atoms with Gasteiger partial charge in [0.15, 0.2) is 0 Å². The first kappa shape index (κ1) is 15.5. The predicted molar refractivity (Wildman–Crippen MR) is 90.5 cm³/mol. The summed E-state index contributed by atoms with van der Waals surface area (Å²) in [5.74, 6) is 0.197. The second-order valence-corrected chi connectivity index (χ2v) is 6.56. The van der Waals surface area contributed by atoms with E-state index >= 15 is 0 Å². The maximum atomic E-state index is 12.5. The lowest BCUT2D eigenvalue weighted by molar-refractivity contribution is -0.138. The maximum Gasteiger partial charge on any atom is 0.237 e. The Labute approximate surface area is 141 Å². The molecule has 6 nitrogen and oxygen atoms in total. The van der Waals surface area contributed by atoms with E-state index in [4.69, 9.17) is 9.72 Å². The summed E-state index contributed by atoms with van der Waals surface area (Å²) in [4.78, 5) is 26.0. The Bertz CT molecular complexity index is 758. The molecule has 0 bridgehead atoms. The number of ether oxygens (including phenoxy) is 1. The van der Waals surface area contributed by atoms with Crippen LogP contribution in [0.3, 0.4) is 0 Å². The van der Waals surface area contributed by atoms with Crippen LogP contribution in [-0.2, 0) is 16.1 Å². The van der Waals surface area contributed by atoms with Gasteiger partial charge in [-0.05, 0) is 25.5 Å². The molecule has 2 fully saturated rings. The predicted octanol–water partition coefficient (Wildman–Crippen LogP) is 1.37. The summed E-state index contributed by atoms with van der Waals surface area (Å²) < 4.78 is 5.41. The normalized spacial score (nSPS) is 22.5. The maximum absolute atomic E-state index is 12.5. The Hall–Kier alpha value is -2.05. The van der Waals surface area contributed by atoms with Crippen LogP contribution in [0, 0.1) is 6.92 Å². The van der Waals surface area contributed by atoms with Gasteiger partial charge >= 0.3 is 0 Å². The quantitative estimate of drug-likeness (QED) is 0.853. The van der Waals surface area contributed by atoms with E-state index in [1.54, 1.807) is 0 Å². The number of carbonyl (C=O) groups excluding carboxylic acids is 1. The smallest absolute Gasteiger partial charge is 0.237 e. The second-order valence-electron chi connectivity index (χ2n) is 6.56. The molecular formula is C18H22N4O2. The van der Waals surface area contributed by atoms with E-state index in [0.29, 0.717) is 19.7 Å². The first-order valence-electron chi connectivity index (χ1n) is 8.52. The van der Waals surface area contributed by atoms with Crippen LogP contribution in [0.5, 0.6) is 0 Å². The average molecular weight is 326 g/mol. The zero-order chi connectivity index (χ0) is 16.5. The molecule has 1 unspecified atom stereocenters. The number of amides is 1. The van der Waals surface area contributed by atoms with Crippen LogP contribution < -0.4 is 0 Å². The number of nitrogens with zero attached hydrogens (tertiary/aromatic N) is 4. The van der Waals surface area contributed by atoms with Gasteiger partial charge in [0.1, 0.15) is 0 Å². The van der Waals surface area contributed by atoms with Gasteiger partial charge in [-0.25, -0.2) is 9.97 Å². The van der Waals surface area contributed by atoms with Crippen LogP contribution in [0.1, 0.15) is 17.8 Å². The molecule has 126 valence electrons. The van der Waals surface area contributed by atoms with Gasteiger partial charge in [-0.2, -0.15) is 0 Å². The van der Waals surface area contributed by atoms with E-state index in [2.05, 4.69) is 9.88 Å². The molecule has 2 aliphatic heterocycles. The van der Waals surface area contributed by atoms with E-state index in [1.807, 2.05) is 36.1 Å². The fraction of sp³-hybridized carbons (Fsp3) is 0.500. The van der Waals surface area contributed by atoms with Crippen LogP contribution in [0.15, 0.2) is 24.3 Å². The second kappa shape index (κ2) is 6.45. The van der Waals surface area contributed by atoms with Crippen LogP contribution in [-0.4, -0.2) is 64.6 Å². The summed E-state index contributed by atoms with van der Waals surface area (Å²) in [6.07, 6.45) is 0.959. The van der Waals surface area contributed by atoms with Gasteiger partial charge in [0, 0.05) is 26.2 Å². The van der Waals surface area contributed by atoms with Gasteiger partial charge in [-0.15, -0.1) is 0 Å². The minimum Gasteiger partial charge on any atom is -0.379 e. The van der Waals surface area contributed by atoms with Crippen LogP contribution in [0.4, 0.5) is 0 Å². The van der Waals surface area contributed by atoms with Crippen molar-refractivity contribution in [2.45, 2.75) is 25.9 Å². The van der Waals surface area contributed by atoms with Gasteiger partial charge in [0.2, 0.25) is 5.91 Å². The summed E-state index contributed by atoms with van der Waals surface area (Å²) in [5, 5.41) is 0. The number of hydrogen-bond acceptors (Lipinski definition) is 5. The van der Waals surface area contributed by atoms with E-state index in [9.17, 15) is 4.79 Å². The lowest BCUT2D eigenvalue weighted by atomic mass is 10.1. The molecule has 2 saturated heterocycles. The molecule has 1 atom stereocenters. The largest absolute Gasteiger partial charge is 0.379 e. The first-order valence-corrected chi connectivity index (χ1v) is 8.52. The molecule has 0 spiro atoms. The van der Waals surface area contributed by atoms with E-state index in [1.165, 1.54) is 0 Å². The van der Waals surface area contributed by atoms with Gasteiger partial charge in [-0.3, -0.25) is 9.69 Å². The third-order valence-corrected chi connectivity index (χ3v) is 4.90. The van der Waals surface area contributed by atoms with Crippen molar-refractivity contribution in [3.05, 3.63) is 35.7 Å². The third kappa shape index (κ3) is 2.99. The zero-order valence-electron chi connectivity index (χ0n) is 13.9. The highest BCUT2D eigenvalue weighted by Crippen LogP contribution is 2.18. The monoisotopic (exact) mass is 326 g/mol. The summed E-state index contributed by atoms with van der Waals surface area (Å²) in [6.45, 7) is 6.20. The number of carbonyl (C=O) groups is 1. The third-order valence-electron chi connectivity index (χ3n) is 4.90. The van der Waals surface area contributed by atoms with Crippen molar-refractivity contribution < 1.29 is 9.53 Å². The number of rotatable bonds is 3. The average Bonchev–Trinajstić information content (AvgIpc) is 3.10. The molecular weight excluding hydrogens is 304 g/mol. The number of benzene rings is 1. The molecule has 0 radical (unpaired) electrons. The van der Waals surface area contributed by atoms with Crippen molar-refractivity contribution in [3.8, 4) is 0 Å². The van der Waals surface area contributed by atoms with Crippen molar-refractivity contribution in [3.63, 3.8) is 0 Å². The number of hydrogen-bond donors (Lipinski definition) is 0. The molecule has 1 aromatic carbocycles. The highest BCUT2D eigenvalue weighted by molar-refractivity contribution is 5.79. The molecule has 2 aliphatic rings. The van der Waals surface area contributed by atoms with E-state index < -0.39 is 0 Å². The minimum atomic E-state index is 0.197. The Morgan fingerprint density at radius 1 is 1.21 bits per heavy atom. The van der Waals surface area contributed by atoms with Crippen molar-refractivity contribution in [1.82, 2.24) is 19.8 Å². The van der Waals surface area contributed by atoms with Crippen LogP contribution in [0.2, 0.25) is 0 Å². The molecule has 4 rings (SSSR count). The zero-order valence-corrected chi connectivity index (χ0v) is 13.9. The molecule has 0 aliphatic carbocycles. The standard InChI is InChI=1S/C18H22N4O2/c1-13-17(20-16-5-3-2-4-15(16)19-13)10-21-7-8-22(18(23)11-21)14-6-9-24-12-14/h2-5,14H,6-12H2,1H3. The SMILES string of the molecule is Cc1nc2ccccc2nc1CN1CCN(C2CCOC2)C(=O)C1. The number of fused-ring (bicyclic) bond motifs is 1. The van der Waals surface area contributed by atoms with Crippen molar-refractivity contribution in [2.24, 2.45) is 0 Å². The number of piperazine rings is 1. The molecule has 0 saturated carbocycles. The number of aryl methyl sites for hydroxylation is 1. The molecule has 0 N–H and O–H groups in total. The Morgan fingerprint density at radius 2 is 2.00 bits per heavy atom. The summed E-state index contributed by atoms with van der Waals surface area (Å²) >= 11 is 0. The molecule has 1 amide bonds. The summed E-state index contributed by atoms with van der Waals surface area (Å²) in [5.41, 5.74) is 3.72. The molecule has 3 heterocycles. The number of aromatic nitrogens is 2. The molecule has 6 heteroatoms. The van der Waals surface area contributed by atoms with E-state index in [0.717, 1.165) is 48.5 Å². The highest BCUT2D eigenvalue weighted by Gasteiger charge is 2.31. The van der Waals surface area contributed by atoms with Gasteiger partial charge in [0.05, 0.1) is 41.6 Å². The van der Waals surface area contributed by atoms with Crippen molar-refractivity contribution in [1.29, 1.82) is 0 Å². The summed E-state index contributed by atoms with van der Waals surface area (Å²) in [7, 11) is 0. The van der Waals surface area contributed by atoms with Crippen LogP contribution >= 0.6 is 0 Å². The highest BCUT2D eigenvalue weighted by atomic mass is 16.5. The lowest BCUT2D eigenvalue weighted by Gasteiger charge is -2.37. The van der Waals surface area contributed by atoms with E-state index in [-0.39, 0.29) is 11.9 Å². The summed E-state index contributed by atoms with van der Waals surface area (Å²) in [6, 6.07) is 8.17. The Kier molecular flexibility index (Phi) is 4.16. The van der Waals surface area contributed by atoms with Gasteiger partial charge < -0.3 is 9.64 Å². The molecule has 1 aromatic heterocycles. The number of para-hydroxylation sites is 2. The van der Waals surface area contributed by atoms with Crippen LogP contribution in [0.25, 0.3) is 11.0 Å². The Morgan fingerprint density at radius 3 is 2.71 bits per heavy atom. The molecule has 2 aromatic rings. The molecule has 24 heavy (non-hydrogen) atoms. The van der Waals surface area contributed by atoms with Crippen molar-refractivity contribution in [2.75, 3.05) is 32.8 Å². The van der Waals surface area contributed by atoms with Crippen molar-refractivity contribution >= 4 is 16.9 Å². The van der Waals surface area contributed by atoms with Gasteiger partial charge in [0.25, 0.3) is 0 Å². The fourth-order valence-electron chi connectivity index (χ4n) is 3.51. The van der Waals surface area contributed by atoms with Gasteiger partial charge in [-0.1, -0.05) is 12.1 Å². The lowest BCUT2D eigenvalue weighted by Crippen LogP contribution is -2.54. The Balaban J connectivity index is 1.46. The topological polar surface area (TPSA) is 58.6 Å². The fourth-order valence-corrected chi connectivity index (χ4v) is 3.51. The first-order chi connectivity index (χ1) is 11.7.